The second kappa shape index (κ2) is 9.46. The number of hydrogen-bond donors (Lipinski definition) is 2. The molecule has 0 bridgehead atoms. The second-order valence-corrected chi connectivity index (χ2v) is 9.10. The SMILES string of the molecule is Cc1cccc(C2=C(c3ccnc(NCCN4CCOCC4)c3)N3CCC[C@H](C)C3N2)n1. The van der Waals surface area contributed by atoms with Crippen LogP contribution in [0.4, 0.5) is 5.82 Å². The molecule has 7 nitrogen and oxygen atoms in total. The van der Waals surface area contributed by atoms with Crippen molar-refractivity contribution in [1.29, 1.82) is 0 Å². The Balaban J connectivity index is 1.41. The molecule has 2 aromatic heterocycles. The van der Waals surface area contributed by atoms with E-state index in [0.29, 0.717) is 12.1 Å². The van der Waals surface area contributed by atoms with E-state index in [1.165, 1.54) is 24.1 Å². The number of anilines is 1. The van der Waals surface area contributed by atoms with Gasteiger partial charge in [-0.3, -0.25) is 9.88 Å². The lowest BCUT2D eigenvalue weighted by atomic mass is 9.96. The monoisotopic (exact) mass is 434 g/mol. The molecule has 2 saturated heterocycles. The molecule has 0 amide bonds. The fourth-order valence-electron chi connectivity index (χ4n) is 5.05. The number of rotatable bonds is 6. The number of piperidine rings is 1. The first-order valence-corrected chi connectivity index (χ1v) is 11.9. The topological polar surface area (TPSA) is 65.6 Å². The summed E-state index contributed by atoms with van der Waals surface area (Å²) in [6.45, 7) is 11.0. The van der Waals surface area contributed by atoms with Gasteiger partial charge in [0.25, 0.3) is 0 Å². The van der Waals surface area contributed by atoms with E-state index in [1.807, 2.05) is 6.20 Å². The van der Waals surface area contributed by atoms with Crippen molar-refractivity contribution in [2.45, 2.75) is 32.9 Å². The minimum absolute atomic E-state index is 0.321. The van der Waals surface area contributed by atoms with Crippen molar-refractivity contribution in [2.75, 3.05) is 51.3 Å². The summed E-state index contributed by atoms with van der Waals surface area (Å²) in [5.41, 5.74) is 5.63. The molecule has 32 heavy (non-hydrogen) atoms. The van der Waals surface area contributed by atoms with Gasteiger partial charge in [-0.1, -0.05) is 13.0 Å². The lowest BCUT2D eigenvalue weighted by Gasteiger charge is -2.37. The molecule has 7 heteroatoms. The van der Waals surface area contributed by atoms with Gasteiger partial charge in [0, 0.05) is 50.2 Å². The van der Waals surface area contributed by atoms with Gasteiger partial charge < -0.3 is 20.3 Å². The Labute approximate surface area is 190 Å². The standard InChI is InChI=1S/C25H34N6O/c1-18-5-4-11-31-24(23(29-25(18)31)21-7-3-6-19(2)28-21)20-8-9-26-22(17-20)27-10-12-30-13-15-32-16-14-30/h3,6-9,17-18,25,29H,4-5,10-16H2,1-2H3,(H,26,27)/t18-,25?/m0/s1. The minimum Gasteiger partial charge on any atom is -0.379 e. The second-order valence-electron chi connectivity index (χ2n) is 9.10. The van der Waals surface area contributed by atoms with Crippen molar-refractivity contribution in [2.24, 2.45) is 5.92 Å². The van der Waals surface area contributed by atoms with Crippen molar-refractivity contribution in [1.82, 2.24) is 25.1 Å². The largest absolute Gasteiger partial charge is 0.379 e. The van der Waals surface area contributed by atoms with Crippen LogP contribution in [-0.4, -0.2) is 71.9 Å². The molecule has 5 rings (SSSR count). The van der Waals surface area contributed by atoms with E-state index >= 15 is 0 Å². The predicted molar refractivity (Wildman–Crippen MR) is 128 cm³/mol. The van der Waals surface area contributed by atoms with Crippen LogP contribution in [0.1, 0.15) is 36.7 Å². The summed E-state index contributed by atoms with van der Waals surface area (Å²) in [7, 11) is 0. The van der Waals surface area contributed by atoms with Gasteiger partial charge in [-0.05, 0) is 49.9 Å². The lowest BCUT2D eigenvalue weighted by Crippen LogP contribution is -2.45. The fraction of sp³-hybridized carbons (Fsp3) is 0.520. The number of ether oxygens (including phenoxy) is 1. The number of fused-ring (bicyclic) bond motifs is 1. The maximum atomic E-state index is 5.45. The number of morpholine rings is 1. The summed E-state index contributed by atoms with van der Waals surface area (Å²) in [5.74, 6) is 1.52. The van der Waals surface area contributed by atoms with Gasteiger partial charge in [0.05, 0.1) is 30.3 Å². The summed E-state index contributed by atoms with van der Waals surface area (Å²) < 4.78 is 5.45. The number of aromatic nitrogens is 2. The van der Waals surface area contributed by atoms with Crippen molar-refractivity contribution in [3.63, 3.8) is 0 Å². The number of pyridine rings is 2. The van der Waals surface area contributed by atoms with Gasteiger partial charge in [0.15, 0.2) is 0 Å². The average molecular weight is 435 g/mol. The Morgan fingerprint density at radius 3 is 2.91 bits per heavy atom. The van der Waals surface area contributed by atoms with E-state index in [-0.39, 0.29) is 0 Å². The van der Waals surface area contributed by atoms with Gasteiger partial charge in [-0.15, -0.1) is 0 Å². The van der Waals surface area contributed by atoms with Crippen molar-refractivity contribution in [3.8, 4) is 0 Å². The van der Waals surface area contributed by atoms with E-state index < -0.39 is 0 Å². The van der Waals surface area contributed by atoms with Gasteiger partial charge in [0.2, 0.25) is 0 Å². The van der Waals surface area contributed by atoms with Gasteiger partial charge in [-0.2, -0.15) is 0 Å². The zero-order chi connectivity index (χ0) is 21.9. The van der Waals surface area contributed by atoms with E-state index in [9.17, 15) is 0 Å². The molecule has 2 fully saturated rings. The van der Waals surface area contributed by atoms with E-state index in [4.69, 9.17) is 9.72 Å². The Bertz CT molecular complexity index is 970. The molecule has 3 aliphatic rings. The quantitative estimate of drug-likeness (QED) is 0.725. The first-order valence-electron chi connectivity index (χ1n) is 11.9. The van der Waals surface area contributed by atoms with Crippen LogP contribution in [0.15, 0.2) is 36.5 Å². The van der Waals surface area contributed by atoms with Crippen molar-refractivity contribution in [3.05, 3.63) is 53.5 Å². The van der Waals surface area contributed by atoms with E-state index in [1.54, 1.807) is 0 Å². The van der Waals surface area contributed by atoms with Crippen molar-refractivity contribution < 1.29 is 4.74 Å². The highest BCUT2D eigenvalue weighted by Gasteiger charge is 2.38. The molecule has 0 aliphatic carbocycles. The van der Waals surface area contributed by atoms with Crippen LogP contribution in [0.5, 0.6) is 0 Å². The van der Waals surface area contributed by atoms with Gasteiger partial charge in [-0.25, -0.2) is 4.98 Å². The number of hydrogen-bond acceptors (Lipinski definition) is 7. The molecule has 1 unspecified atom stereocenters. The zero-order valence-corrected chi connectivity index (χ0v) is 19.2. The van der Waals surface area contributed by atoms with Gasteiger partial charge >= 0.3 is 0 Å². The molecule has 0 radical (unpaired) electrons. The van der Waals surface area contributed by atoms with Gasteiger partial charge in [0.1, 0.15) is 12.0 Å². The third-order valence-electron chi connectivity index (χ3n) is 6.77. The van der Waals surface area contributed by atoms with E-state index in [0.717, 1.165) is 68.8 Å². The minimum atomic E-state index is 0.321. The molecule has 2 aromatic rings. The average Bonchev–Trinajstić information content (AvgIpc) is 3.21. The first kappa shape index (κ1) is 21.2. The molecule has 2 atom stereocenters. The summed E-state index contributed by atoms with van der Waals surface area (Å²) in [6.07, 6.45) is 4.71. The summed E-state index contributed by atoms with van der Waals surface area (Å²) >= 11 is 0. The normalized spacial score (nSPS) is 23.8. The number of nitrogens with zero attached hydrogens (tertiary/aromatic N) is 4. The highest BCUT2D eigenvalue weighted by atomic mass is 16.5. The Morgan fingerprint density at radius 1 is 1.19 bits per heavy atom. The molecule has 5 heterocycles. The maximum Gasteiger partial charge on any atom is 0.126 e. The fourth-order valence-corrected chi connectivity index (χ4v) is 5.05. The molecule has 0 aromatic carbocycles. The lowest BCUT2D eigenvalue weighted by molar-refractivity contribution is 0.0398. The molecule has 3 aliphatic heterocycles. The Hall–Kier alpha value is -2.64. The molecular formula is C25H34N6O. The smallest absolute Gasteiger partial charge is 0.126 e. The molecule has 170 valence electrons. The highest BCUT2D eigenvalue weighted by Crippen LogP contribution is 2.40. The Kier molecular flexibility index (Phi) is 6.28. The van der Waals surface area contributed by atoms with Crippen LogP contribution in [0.25, 0.3) is 11.4 Å². The van der Waals surface area contributed by atoms with Crippen LogP contribution in [0, 0.1) is 12.8 Å². The summed E-state index contributed by atoms with van der Waals surface area (Å²) in [6, 6.07) is 10.6. The van der Waals surface area contributed by atoms with E-state index in [2.05, 4.69) is 69.6 Å². The number of nitrogens with one attached hydrogen (secondary N) is 2. The summed E-state index contributed by atoms with van der Waals surface area (Å²) in [5, 5.41) is 7.35. The number of aryl methyl sites for hydroxylation is 1. The predicted octanol–water partition coefficient (Wildman–Crippen LogP) is 3.02. The van der Waals surface area contributed by atoms with Crippen LogP contribution >= 0.6 is 0 Å². The molecule has 2 N–H and O–H groups in total. The van der Waals surface area contributed by atoms with Crippen molar-refractivity contribution >= 4 is 17.2 Å². The third kappa shape index (κ3) is 4.45. The maximum absolute atomic E-state index is 5.45. The van der Waals surface area contributed by atoms with Crippen LogP contribution in [-0.2, 0) is 4.74 Å². The molecule has 0 saturated carbocycles. The molecular weight excluding hydrogens is 400 g/mol. The van der Waals surface area contributed by atoms with Crippen LogP contribution in [0.2, 0.25) is 0 Å². The third-order valence-corrected chi connectivity index (χ3v) is 6.77. The van der Waals surface area contributed by atoms with Crippen LogP contribution < -0.4 is 10.6 Å². The highest BCUT2D eigenvalue weighted by molar-refractivity contribution is 5.90. The Morgan fingerprint density at radius 2 is 2.06 bits per heavy atom. The first-order chi connectivity index (χ1) is 15.7. The van der Waals surface area contributed by atoms with Crippen LogP contribution in [0.3, 0.4) is 0 Å². The summed E-state index contributed by atoms with van der Waals surface area (Å²) in [4.78, 5) is 14.4. The zero-order valence-electron chi connectivity index (χ0n) is 19.2. The molecule has 0 spiro atoms.